The van der Waals surface area contributed by atoms with Gasteiger partial charge in [-0.1, -0.05) is 0 Å². The fourth-order valence-corrected chi connectivity index (χ4v) is 3.53. The van der Waals surface area contributed by atoms with Crippen molar-refractivity contribution in [2.45, 2.75) is 13.0 Å². The van der Waals surface area contributed by atoms with Crippen molar-refractivity contribution in [1.82, 2.24) is 0 Å². The fraction of sp³-hybridized carbons (Fsp3) is 0.368. The van der Waals surface area contributed by atoms with Crippen molar-refractivity contribution in [2.75, 3.05) is 40.7 Å². The SMILES string of the molecule is COc1cc(-c2c(C#N)c(N)[nH+]c3c2C[NH+](C)CC3)cc(OC)c1OC. The predicted molar refractivity (Wildman–Crippen MR) is 96.4 cm³/mol. The van der Waals surface area contributed by atoms with Gasteiger partial charge in [0.05, 0.1) is 46.9 Å². The Kier molecular flexibility index (Phi) is 4.87. The number of benzene rings is 1. The molecule has 3 rings (SSSR count). The number of hydrogen-bond acceptors (Lipinski definition) is 5. The molecule has 0 aliphatic carbocycles. The number of nitrogens with zero attached hydrogens (tertiary/aromatic N) is 1. The van der Waals surface area contributed by atoms with Crippen LogP contribution in [0.15, 0.2) is 12.1 Å². The topological polar surface area (TPSA) is 96.1 Å². The lowest BCUT2D eigenvalue weighted by molar-refractivity contribution is -0.896. The first-order valence-electron chi connectivity index (χ1n) is 8.42. The van der Waals surface area contributed by atoms with Gasteiger partial charge in [0.2, 0.25) is 5.75 Å². The third-order valence-electron chi connectivity index (χ3n) is 4.82. The van der Waals surface area contributed by atoms with Crippen LogP contribution in [0.4, 0.5) is 5.82 Å². The Hall–Kier alpha value is -2.98. The summed E-state index contributed by atoms with van der Waals surface area (Å²) in [6.45, 7) is 1.83. The number of nitrogen functional groups attached to an aromatic ring is 1. The minimum Gasteiger partial charge on any atom is -0.493 e. The summed E-state index contributed by atoms with van der Waals surface area (Å²) in [6.07, 6.45) is 0.883. The highest BCUT2D eigenvalue weighted by Gasteiger charge is 2.29. The number of ether oxygens (including phenoxy) is 3. The van der Waals surface area contributed by atoms with Gasteiger partial charge in [-0.3, -0.25) is 5.73 Å². The van der Waals surface area contributed by atoms with Crippen LogP contribution in [0.5, 0.6) is 17.2 Å². The van der Waals surface area contributed by atoms with E-state index >= 15 is 0 Å². The van der Waals surface area contributed by atoms with Gasteiger partial charge in [-0.15, -0.1) is 0 Å². The number of quaternary nitrogens is 1. The van der Waals surface area contributed by atoms with Gasteiger partial charge in [-0.25, -0.2) is 4.98 Å². The number of pyridine rings is 1. The molecule has 2 heterocycles. The lowest BCUT2D eigenvalue weighted by Gasteiger charge is -2.24. The fourth-order valence-electron chi connectivity index (χ4n) is 3.53. The molecule has 4 N–H and O–H groups in total. The van der Waals surface area contributed by atoms with E-state index in [1.165, 1.54) is 4.90 Å². The number of H-pyrrole nitrogens is 1. The molecule has 0 saturated carbocycles. The van der Waals surface area contributed by atoms with Gasteiger partial charge in [-0.05, 0) is 17.7 Å². The molecule has 1 atom stereocenters. The largest absolute Gasteiger partial charge is 0.493 e. The number of nitrogens with two attached hydrogens (primary N) is 1. The van der Waals surface area contributed by atoms with Crippen LogP contribution in [0.3, 0.4) is 0 Å². The molecule has 0 spiro atoms. The second kappa shape index (κ2) is 7.10. The summed E-state index contributed by atoms with van der Waals surface area (Å²) >= 11 is 0. The van der Waals surface area contributed by atoms with Crippen LogP contribution < -0.4 is 29.8 Å². The highest BCUT2D eigenvalue weighted by atomic mass is 16.5. The summed E-state index contributed by atoms with van der Waals surface area (Å²) in [7, 11) is 6.86. The van der Waals surface area contributed by atoms with Crippen molar-refractivity contribution in [3.05, 3.63) is 29.0 Å². The molecule has 1 aliphatic heterocycles. The number of nitriles is 1. The predicted octanol–water partition coefficient (Wildman–Crippen LogP) is 0.218. The van der Waals surface area contributed by atoms with E-state index in [1.807, 2.05) is 12.1 Å². The maximum absolute atomic E-state index is 9.74. The average molecular weight is 356 g/mol. The lowest BCUT2D eigenvalue weighted by atomic mass is 9.91. The Morgan fingerprint density at radius 1 is 1.15 bits per heavy atom. The van der Waals surface area contributed by atoms with Crippen LogP contribution in [0.2, 0.25) is 0 Å². The number of likely N-dealkylation sites (N-methyl/N-ethyl adjacent to an activating group) is 1. The van der Waals surface area contributed by atoms with Crippen molar-refractivity contribution in [3.63, 3.8) is 0 Å². The van der Waals surface area contributed by atoms with Crippen LogP contribution in [0.25, 0.3) is 11.1 Å². The van der Waals surface area contributed by atoms with E-state index in [0.29, 0.717) is 28.6 Å². The molecular formula is C19H24N4O3+2. The number of rotatable bonds is 4. The lowest BCUT2D eigenvalue weighted by Crippen LogP contribution is -3.08. The van der Waals surface area contributed by atoms with E-state index in [1.54, 1.807) is 21.3 Å². The van der Waals surface area contributed by atoms with E-state index in [-0.39, 0.29) is 0 Å². The summed E-state index contributed by atoms with van der Waals surface area (Å²) in [5, 5.41) is 9.74. The van der Waals surface area contributed by atoms with Gasteiger partial charge in [-0.2, -0.15) is 5.26 Å². The zero-order chi connectivity index (χ0) is 18.8. The summed E-state index contributed by atoms with van der Waals surface area (Å²) in [5.74, 6) is 1.99. The zero-order valence-corrected chi connectivity index (χ0v) is 15.5. The molecule has 2 aromatic rings. The maximum atomic E-state index is 9.74. The Labute approximate surface area is 152 Å². The minimum absolute atomic E-state index is 0.384. The number of aromatic amines is 1. The molecule has 1 aromatic heterocycles. The molecule has 0 saturated heterocycles. The molecule has 0 fully saturated rings. The van der Waals surface area contributed by atoms with E-state index in [0.717, 1.165) is 41.9 Å². The first kappa shape index (κ1) is 17.8. The van der Waals surface area contributed by atoms with Gasteiger partial charge in [0.25, 0.3) is 5.82 Å². The molecular weight excluding hydrogens is 332 g/mol. The second-order valence-corrected chi connectivity index (χ2v) is 6.41. The van der Waals surface area contributed by atoms with Gasteiger partial charge in [0.1, 0.15) is 23.9 Å². The first-order valence-corrected chi connectivity index (χ1v) is 8.42. The zero-order valence-electron chi connectivity index (χ0n) is 15.5. The van der Waals surface area contributed by atoms with Crippen LogP contribution >= 0.6 is 0 Å². The van der Waals surface area contributed by atoms with Gasteiger partial charge < -0.3 is 19.1 Å². The molecule has 136 valence electrons. The van der Waals surface area contributed by atoms with E-state index in [4.69, 9.17) is 19.9 Å². The summed E-state index contributed by atoms with van der Waals surface area (Å²) in [5.41, 5.74) is 10.4. The number of aromatic nitrogens is 1. The number of fused-ring (bicyclic) bond motifs is 1. The summed E-state index contributed by atoms with van der Waals surface area (Å²) in [6, 6.07) is 5.98. The van der Waals surface area contributed by atoms with Crippen LogP contribution in [-0.2, 0) is 13.0 Å². The molecule has 26 heavy (non-hydrogen) atoms. The summed E-state index contributed by atoms with van der Waals surface area (Å²) in [4.78, 5) is 4.60. The Morgan fingerprint density at radius 2 is 1.81 bits per heavy atom. The van der Waals surface area contributed by atoms with Crippen molar-refractivity contribution in [2.24, 2.45) is 0 Å². The van der Waals surface area contributed by atoms with Crippen LogP contribution in [0.1, 0.15) is 16.8 Å². The average Bonchev–Trinajstić information content (AvgIpc) is 2.65. The number of hydrogen-bond donors (Lipinski definition) is 2. The minimum atomic E-state index is 0.384. The van der Waals surface area contributed by atoms with Crippen LogP contribution in [-0.4, -0.2) is 34.9 Å². The smallest absolute Gasteiger partial charge is 0.289 e. The van der Waals surface area contributed by atoms with Crippen LogP contribution in [0, 0.1) is 11.3 Å². The van der Waals surface area contributed by atoms with E-state index < -0.39 is 0 Å². The molecule has 0 radical (unpaired) electrons. The van der Waals surface area contributed by atoms with Crippen molar-refractivity contribution in [3.8, 4) is 34.4 Å². The maximum Gasteiger partial charge on any atom is 0.289 e. The quantitative estimate of drug-likeness (QED) is 0.817. The highest BCUT2D eigenvalue weighted by molar-refractivity contribution is 5.80. The number of anilines is 1. The van der Waals surface area contributed by atoms with E-state index in [2.05, 4.69) is 18.1 Å². The third kappa shape index (κ3) is 2.89. The molecule has 0 bridgehead atoms. The normalized spacial score (nSPS) is 15.7. The first-order chi connectivity index (χ1) is 12.5. The Bertz CT molecular complexity index is 864. The highest BCUT2D eigenvalue weighted by Crippen LogP contribution is 2.43. The monoisotopic (exact) mass is 356 g/mol. The molecule has 1 aromatic carbocycles. The van der Waals surface area contributed by atoms with Gasteiger partial charge >= 0.3 is 0 Å². The molecule has 7 nitrogen and oxygen atoms in total. The molecule has 0 amide bonds. The van der Waals surface area contributed by atoms with Gasteiger partial charge in [0, 0.05) is 5.56 Å². The van der Waals surface area contributed by atoms with Crippen molar-refractivity contribution >= 4 is 5.82 Å². The molecule has 7 heteroatoms. The molecule has 1 unspecified atom stereocenters. The number of nitrogens with one attached hydrogen (secondary N) is 2. The van der Waals surface area contributed by atoms with E-state index in [9.17, 15) is 5.26 Å². The third-order valence-corrected chi connectivity index (χ3v) is 4.82. The van der Waals surface area contributed by atoms with Crippen molar-refractivity contribution in [1.29, 1.82) is 5.26 Å². The summed E-state index contributed by atoms with van der Waals surface area (Å²) < 4.78 is 16.4. The van der Waals surface area contributed by atoms with Gasteiger partial charge in [0.15, 0.2) is 11.5 Å². The second-order valence-electron chi connectivity index (χ2n) is 6.41. The molecule has 1 aliphatic rings. The van der Waals surface area contributed by atoms with Crippen molar-refractivity contribution < 1.29 is 24.1 Å². The number of methoxy groups -OCH3 is 3. The Balaban J connectivity index is 2.33. The standard InChI is InChI=1S/C19H22N4O3/c1-23-6-5-14-13(10-23)17(12(9-20)19(21)22-14)11-7-15(24-2)18(26-4)16(8-11)25-3/h7-8H,5-6,10H2,1-4H3,(H2,21,22)/p+2. The Morgan fingerprint density at radius 3 is 2.35 bits per heavy atom.